The van der Waals surface area contributed by atoms with Crippen LogP contribution in [0, 0.1) is 5.82 Å². The number of nitrogens with zero attached hydrogens (tertiary/aromatic N) is 4. The van der Waals surface area contributed by atoms with Gasteiger partial charge in [-0.05, 0) is 49.7 Å². The third kappa shape index (κ3) is 5.38. The Bertz CT molecular complexity index is 1300. The number of nitrogen functional groups attached to an aromatic ring is 1. The van der Waals surface area contributed by atoms with E-state index in [-0.39, 0.29) is 62.4 Å². The minimum atomic E-state index is -3.90. The van der Waals surface area contributed by atoms with E-state index in [0.717, 1.165) is 25.9 Å². The average molecular weight is 552 g/mol. The first-order valence-corrected chi connectivity index (χ1v) is 12.7. The summed E-state index contributed by atoms with van der Waals surface area (Å²) in [6.07, 6.45) is 4.12. The maximum absolute atomic E-state index is 15.0. The van der Waals surface area contributed by atoms with Crippen LogP contribution in [0.25, 0.3) is 22.4 Å². The van der Waals surface area contributed by atoms with E-state index in [4.69, 9.17) is 5.73 Å². The third-order valence-corrected chi connectivity index (χ3v) is 8.46. The molecule has 0 aliphatic carbocycles. The number of anilines is 1. The van der Waals surface area contributed by atoms with Gasteiger partial charge in [-0.15, -0.1) is 0 Å². The van der Waals surface area contributed by atoms with Gasteiger partial charge in [-0.2, -0.15) is 31.3 Å². The van der Waals surface area contributed by atoms with Gasteiger partial charge in [-0.25, -0.2) is 17.8 Å². The monoisotopic (exact) mass is 551 g/mol. The average Bonchev–Trinajstić information content (AvgIpc) is 3.50. The van der Waals surface area contributed by atoms with Crippen LogP contribution in [-0.2, 0) is 10.0 Å². The second-order valence-corrected chi connectivity index (χ2v) is 10.6. The van der Waals surface area contributed by atoms with Gasteiger partial charge in [0.2, 0.25) is 10.0 Å². The minimum absolute atomic E-state index is 0. The van der Waals surface area contributed by atoms with Crippen molar-refractivity contribution in [2.75, 3.05) is 31.9 Å². The number of rotatable bonds is 5. The molecule has 2 fully saturated rings. The summed E-state index contributed by atoms with van der Waals surface area (Å²) in [5.41, 5.74) is 6.96. The summed E-state index contributed by atoms with van der Waals surface area (Å²) in [4.78, 5) is 10.3. The van der Waals surface area contributed by atoms with Crippen molar-refractivity contribution in [3.63, 3.8) is 0 Å². The zero-order valence-corrected chi connectivity index (χ0v) is 22.3. The van der Waals surface area contributed by atoms with Crippen molar-refractivity contribution in [2.45, 2.75) is 29.9 Å². The number of likely N-dealkylation sites (tertiary alicyclic amines) is 1. The number of hydrogen-bond acceptors (Lipinski definition) is 7. The summed E-state index contributed by atoms with van der Waals surface area (Å²) in [6, 6.07) is 10.9. The van der Waals surface area contributed by atoms with Gasteiger partial charge in [0.15, 0.2) is 0 Å². The maximum Gasteiger partial charge on any atom is 0.243 e. The van der Waals surface area contributed by atoms with Crippen LogP contribution in [0.4, 0.5) is 10.2 Å². The van der Waals surface area contributed by atoms with Crippen LogP contribution in [0.3, 0.4) is 0 Å². The molecule has 3 N–H and O–H groups in total. The largest absolute Gasteiger partial charge is 0.390 e. The predicted molar refractivity (Wildman–Crippen MR) is 147 cm³/mol. The molecule has 1 aromatic heterocycles. The van der Waals surface area contributed by atoms with Crippen LogP contribution in [0.5, 0.6) is 0 Å². The standard InChI is InChI=1S/C24H26FN5O3S.2H2S/c25-19-11-16(7-8-18(19)20-12-28-24(26)13-27-20)17-5-1-2-6-23(17)34(32,33)30-14-21(22(31)15-30)29-9-3-4-10-29;;/h1-2,5-8,11-13,21-22,31H,3-4,9-10,14-15H2,(H2,26,28);2*1H2/t21-,22-;;/m0../s1. The molecule has 8 nitrogen and oxygen atoms in total. The molecule has 2 aliphatic heterocycles. The van der Waals surface area contributed by atoms with Gasteiger partial charge in [-0.3, -0.25) is 9.88 Å². The molecule has 0 amide bonds. The highest BCUT2D eigenvalue weighted by atomic mass is 32.2. The van der Waals surface area contributed by atoms with Gasteiger partial charge < -0.3 is 10.8 Å². The lowest BCUT2D eigenvalue weighted by Gasteiger charge is -2.25. The molecule has 0 saturated carbocycles. The first kappa shape index (κ1) is 28.4. The van der Waals surface area contributed by atoms with Crippen LogP contribution in [-0.4, -0.2) is 71.0 Å². The summed E-state index contributed by atoms with van der Waals surface area (Å²) in [5, 5.41) is 10.6. The van der Waals surface area contributed by atoms with Gasteiger partial charge in [0.05, 0.1) is 35.1 Å². The van der Waals surface area contributed by atoms with Crippen LogP contribution in [0.1, 0.15) is 12.8 Å². The quantitative estimate of drug-likeness (QED) is 0.501. The fourth-order valence-corrected chi connectivity index (χ4v) is 6.49. The van der Waals surface area contributed by atoms with E-state index in [9.17, 15) is 13.5 Å². The Hall–Kier alpha value is -2.22. The second kappa shape index (κ2) is 11.4. The zero-order chi connectivity index (χ0) is 23.9. The molecule has 194 valence electrons. The molecule has 3 aromatic rings. The van der Waals surface area contributed by atoms with Crippen molar-refractivity contribution < 1.29 is 17.9 Å². The lowest BCUT2D eigenvalue weighted by Crippen LogP contribution is -2.41. The summed E-state index contributed by atoms with van der Waals surface area (Å²) < 4.78 is 43.6. The Morgan fingerprint density at radius 1 is 0.972 bits per heavy atom. The van der Waals surface area contributed by atoms with Crippen LogP contribution in [0.2, 0.25) is 0 Å². The lowest BCUT2D eigenvalue weighted by atomic mass is 10.0. The van der Waals surface area contributed by atoms with Crippen LogP contribution in [0.15, 0.2) is 59.8 Å². The highest BCUT2D eigenvalue weighted by molar-refractivity contribution is 7.89. The number of β-amino-alcohol motifs (C(OH)–C–C–N with tert-alkyl or cyclic N) is 1. The van der Waals surface area contributed by atoms with Crippen molar-refractivity contribution in [3.05, 3.63) is 60.7 Å². The molecule has 0 spiro atoms. The fraction of sp³-hybridized carbons (Fsp3) is 0.333. The smallest absolute Gasteiger partial charge is 0.243 e. The number of benzene rings is 2. The molecule has 0 bridgehead atoms. The molecular weight excluding hydrogens is 521 g/mol. The summed E-state index contributed by atoms with van der Waals surface area (Å²) in [6.45, 7) is 2.02. The van der Waals surface area contributed by atoms with Crippen molar-refractivity contribution in [2.24, 2.45) is 0 Å². The number of sulfonamides is 1. The number of halogens is 1. The van der Waals surface area contributed by atoms with Crippen LogP contribution < -0.4 is 5.73 Å². The van der Waals surface area contributed by atoms with Gasteiger partial charge in [0.25, 0.3) is 0 Å². The number of aliphatic hydroxyl groups is 1. The molecule has 3 heterocycles. The van der Waals surface area contributed by atoms with Crippen molar-refractivity contribution in [1.29, 1.82) is 0 Å². The van der Waals surface area contributed by atoms with Crippen LogP contribution >= 0.6 is 27.0 Å². The Balaban J connectivity index is 0.00000180. The molecule has 36 heavy (non-hydrogen) atoms. The van der Waals surface area contributed by atoms with Crippen molar-refractivity contribution in [3.8, 4) is 22.4 Å². The van der Waals surface area contributed by atoms with E-state index >= 15 is 4.39 Å². The maximum atomic E-state index is 15.0. The topological polar surface area (TPSA) is 113 Å². The third-order valence-electron chi connectivity index (χ3n) is 6.57. The molecule has 2 atom stereocenters. The normalized spacial score (nSPS) is 20.6. The summed E-state index contributed by atoms with van der Waals surface area (Å²) in [7, 11) is -3.90. The minimum Gasteiger partial charge on any atom is -0.390 e. The number of nitrogens with two attached hydrogens (primary N) is 1. The van der Waals surface area contributed by atoms with E-state index in [1.165, 1.54) is 28.8 Å². The van der Waals surface area contributed by atoms with Crippen molar-refractivity contribution >= 4 is 42.8 Å². The number of hydrogen-bond donors (Lipinski definition) is 2. The molecule has 12 heteroatoms. The van der Waals surface area contributed by atoms with Gasteiger partial charge in [0.1, 0.15) is 11.6 Å². The van der Waals surface area contributed by atoms with Gasteiger partial charge in [-0.1, -0.05) is 24.3 Å². The van der Waals surface area contributed by atoms with E-state index in [1.54, 1.807) is 30.3 Å². The molecular formula is C24H30FN5O3S3. The zero-order valence-electron chi connectivity index (χ0n) is 19.5. The molecule has 5 rings (SSSR count). The first-order valence-electron chi connectivity index (χ1n) is 11.2. The first-order chi connectivity index (χ1) is 16.3. The van der Waals surface area contributed by atoms with Gasteiger partial charge in [0, 0.05) is 24.2 Å². The fourth-order valence-electron chi connectivity index (χ4n) is 4.80. The van der Waals surface area contributed by atoms with E-state index in [2.05, 4.69) is 14.9 Å². The molecule has 2 saturated heterocycles. The molecule has 2 aliphatic rings. The van der Waals surface area contributed by atoms with E-state index in [0.29, 0.717) is 16.8 Å². The lowest BCUT2D eigenvalue weighted by molar-refractivity contribution is 0.0983. The number of aliphatic hydroxyl groups excluding tert-OH is 1. The molecule has 0 unspecified atom stereocenters. The summed E-state index contributed by atoms with van der Waals surface area (Å²) >= 11 is 0. The summed E-state index contributed by atoms with van der Waals surface area (Å²) in [5.74, 6) is -0.312. The predicted octanol–water partition coefficient (Wildman–Crippen LogP) is 2.59. The Morgan fingerprint density at radius 3 is 2.36 bits per heavy atom. The Morgan fingerprint density at radius 2 is 1.69 bits per heavy atom. The van der Waals surface area contributed by atoms with Crippen molar-refractivity contribution in [1.82, 2.24) is 19.2 Å². The second-order valence-electron chi connectivity index (χ2n) is 8.72. The number of aromatic nitrogens is 2. The van der Waals surface area contributed by atoms with E-state index in [1.807, 2.05) is 0 Å². The Labute approximate surface area is 224 Å². The Kier molecular flexibility index (Phi) is 9.02. The van der Waals surface area contributed by atoms with Gasteiger partial charge >= 0.3 is 0 Å². The highest BCUT2D eigenvalue weighted by Crippen LogP contribution is 2.34. The molecule has 2 aromatic carbocycles. The highest BCUT2D eigenvalue weighted by Gasteiger charge is 2.42. The van der Waals surface area contributed by atoms with E-state index < -0.39 is 21.9 Å². The molecule has 0 radical (unpaired) electrons. The SMILES string of the molecule is Nc1cnc(-c2ccc(-c3ccccc3S(=O)(=O)N3C[C@H](O)[C@@H](N4CCCC4)C3)cc2F)cn1.S.S.